The SMILES string of the molecule is CN(C)[C@]1(c2ccccc2)CC[C@@]2(CC1)CN(CC(=O)NCC1(O)CCCCC1)C(=O)N2CC1CCC1. The fourth-order valence-electron chi connectivity index (χ4n) is 7.39. The lowest BCUT2D eigenvalue weighted by Gasteiger charge is -2.51. The van der Waals surface area contributed by atoms with E-state index >= 15 is 0 Å². The molecule has 4 aliphatic rings. The molecule has 5 rings (SSSR count). The molecule has 3 aliphatic carbocycles. The summed E-state index contributed by atoms with van der Waals surface area (Å²) in [6, 6.07) is 10.8. The third-order valence-electron chi connectivity index (χ3n) is 10.1. The number of amides is 3. The number of hydrogen-bond donors (Lipinski definition) is 2. The van der Waals surface area contributed by atoms with Crippen LogP contribution in [0.25, 0.3) is 0 Å². The van der Waals surface area contributed by atoms with Crippen molar-refractivity contribution in [2.45, 2.75) is 93.7 Å². The molecule has 1 spiro atoms. The smallest absolute Gasteiger partial charge is 0.321 e. The number of rotatable bonds is 8. The second-order valence-corrected chi connectivity index (χ2v) is 12.6. The van der Waals surface area contributed by atoms with Crippen molar-refractivity contribution in [1.29, 1.82) is 0 Å². The van der Waals surface area contributed by atoms with Crippen molar-refractivity contribution in [2.24, 2.45) is 5.92 Å². The molecule has 0 bridgehead atoms. The molecule has 7 nitrogen and oxygen atoms in total. The number of urea groups is 1. The fourth-order valence-corrected chi connectivity index (χ4v) is 7.39. The highest BCUT2D eigenvalue weighted by atomic mass is 16.3. The Hall–Kier alpha value is -2.12. The van der Waals surface area contributed by atoms with E-state index in [1.807, 2.05) is 0 Å². The summed E-state index contributed by atoms with van der Waals surface area (Å²) < 4.78 is 0. The summed E-state index contributed by atoms with van der Waals surface area (Å²) in [5, 5.41) is 13.7. The van der Waals surface area contributed by atoms with E-state index in [2.05, 4.69) is 59.5 Å². The predicted octanol–water partition coefficient (Wildman–Crippen LogP) is 4.11. The molecular weight excluding hydrogens is 464 g/mol. The van der Waals surface area contributed by atoms with Crippen LogP contribution < -0.4 is 5.32 Å². The summed E-state index contributed by atoms with van der Waals surface area (Å²) in [7, 11) is 4.35. The first kappa shape index (κ1) is 26.5. The number of carbonyl (C=O) groups excluding carboxylic acids is 2. The maximum atomic E-state index is 13.7. The number of nitrogens with one attached hydrogen (secondary N) is 1. The average molecular weight is 511 g/mol. The van der Waals surface area contributed by atoms with Gasteiger partial charge in [0.2, 0.25) is 5.91 Å². The molecule has 2 N–H and O–H groups in total. The zero-order chi connectivity index (χ0) is 26.1. The van der Waals surface area contributed by atoms with E-state index in [1.165, 1.54) is 24.8 Å². The van der Waals surface area contributed by atoms with Crippen molar-refractivity contribution in [3.8, 4) is 0 Å². The molecule has 3 saturated carbocycles. The summed E-state index contributed by atoms with van der Waals surface area (Å²) in [4.78, 5) is 33.0. The Morgan fingerprint density at radius 1 is 1.00 bits per heavy atom. The van der Waals surface area contributed by atoms with E-state index in [0.717, 1.165) is 64.3 Å². The lowest BCUT2D eigenvalue weighted by Crippen LogP contribution is -2.56. The third kappa shape index (κ3) is 5.26. The quantitative estimate of drug-likeness (QED) is 0.552. The summed E-state index contributed by atoms with van der Waals surface area (Å²) in [5.41, 5.74) is 0.318. The Labute approximate surface area is 222 Å². The molecule has 1 aromatic rings. The predicted molar refractivity (Wildman–Crippen MR) is 145 cm³/mol. The molecule has 204 valence electrons. The largest absolute Gasteiger partial charge is 0.388 e. The van der Waals surface area contributed by atoms with Gasteiger partial charge in [-0.15, -0.1) is 0 Å². The molecule has 1 heterocycles. The van der Waals surface area contributed by atoms with Gasteiger partial charge in [-0.2, -0.15) is 0 Å². The molecule has 1 aliphatic heterocycles. The summed E-state index contributed by atoms with van der Waals surface area (Å²) >= 11 is 0. The zero-order valence-corrected chi connectivity index (χ0v) is 22.9. The van der Waals surface area contributed by atoms with Crippen LogP contribution in [0.5, 0.6) is 0 Å². The molecule has 1 aromatic carbocycles. The highest BCUT2D eigenvalue weighted by Gasteiger charge is 2.55. The Balaban J connectivity index is 1.28. The van der Waals surface area contributed by atoms with Crippen LogP contribution in [0.2, 0.25) is 0 Å². The van der Waals surface area contributed by atoms with Crippen LogP contribution >= 0.6 is 0 Å². The van der Waals surface area contributed by atoms with Gasteiger partial charge in [0, 0.05) is 25.2 Å². The maximum absolute atomic E-state index is 13.7. The van der Waals surface area contributed by atoms with Gasteiger partial charge in [0.15, 0.2) is 0 Å². The molecule has 4 fully saturated rings. The number of hydrogen-bond acceptors (Lipinski definition) is 4. The standard InChI is InChI=1S/C30H46N4O3/c1-32(2)30(25-12-5-3-6-13-25)18-16-28(17-19-30)23-33(27(36)34(28)20-24-10-9-11-24)21-26(35)31-22-29(37)14-7-4-8-15-29/h3,5-6,12-13,24,37H,4,7-11,14-23H2,1-2H3,(H,31,35)/t28-,30-. The van der Waals surface area contributed by atoms with Crippen LogP contribution in [0.3, 0.4) is 0 Å². The number of benzene rings is 1. The van der Waals surface area contributed by atoms with Gasteiger partial charge in [-0.3, -0.25) is 9.69 Å². The van der Waals surface area contributed by atoms with Crippen molar-refractivity contribution in [2.75, 3.05) is 40.3 Å². The second kappa shape index (κ2) is 10.6. The molecule has 1 saturated heterocycles. The van der Waals surface area contributed by atoms with Crippen LogP contribution in [0, 0.1) is 5.92 Å². The van der Waals surface area contributed by atoms with Gasteiger partial charge in [-0.1, -0.05) is 56.0 Å². The molecule has 0 aromatic heterocycles. The van der Waals surface area contributed by atoms with Gasteiger partial charge in [-0.25, -0.2) is 4.79 Å². The van der Waals surface area contributed by atoms with Gasteiger partial charge >= 0.3 is 6.03 Å². The van der Waals surface area contributed by atoms with E-state index in [1.54, 1.807) is 4.90 Å². The first-order valence-electron chi connectivity index (χ1n) is 14.5. The highest BCUT2D eigenvalue weighted by molar-refractivity contribution is 5.86. The van der Waals surface area contributed by atoms with Crippen molar-refractivity contribution >= 4 is 11.9 Å². The van der Waals surface area contributed by atoms with Gasteiger partial charge in [0.1, 0.15) is 6.54 Å². The lowest BCUT2D eigenvalue weighted by atomic mass is 9.68. The van der Waals surface area contributed by atoms with E-state index < -0.39 is 5.60 Å². The third-order valence-corrected chi connectivity index (χ3v) is 10.1. The Kier molecular flexibility index (Phi) is 7.56. The first-order valence-corrected chi connectivity index (χ1v) is 14.5. The van der Waals surface area contributed by atoms with Gasteiger partial charge in [0.25, 0.3) is 0 Å². The van der Waals surface area contributed by atoms with E-state index in [4.69, 9.17) is 0 Å². The first-order chi connectivity index (χ1) is 17.8. The van der Waals surface area contributed by atoms with E-state index in [9.17, 15) is 14.7 Å². The van der Waals surface area contributed by atoms with Crippen molar-refractivity contribution in [3.05, 3.63) is 35.9 Å². The summed E-state index contributed by atoms with van der Waals surface area (Å²) in [5.74, 6) is 0.431. The van der Waals surface area contributed by atoms with Crippen molar-refractivity contribution in [1.82, 2.24) is 20.0 Å². The van der Waals surface area contributed by atoms with Crippen LogP contribution in [0.15, 0.2) is 30.3 Å². The molecule has 3 amide bonds. The summed E-state index contributed by atoms with van der Waals surface area (Å²) in [6.45, 7) is 1.80. The van der Waals surface area contributed by atoms with Crippen LogP contribution in [0.1, 0.15) is 82.6 Å². The topological polar surface area (TPSA) is 76.1 Å². The average Bonchev–Trinajstić information content (AvgIpc) is 3.11. The minimum absolute atomic E-state index is 0.0236. The molecule has 37 heavy (non-hydrogen) atoms. The summed E-state index contributed by atoms with van der Waals surface area (Å²) in [6.07, 6.45) is 12.2. The van der Waals surface area contributed by atoms with Crippen LogP contribution in [0.4, 0.5) is 4.79 Å². The van der Waals surface area contributed by atoms with Crippen LogP contribution in [-0.4, -0.2) is 83.2 Å². The van der Waals surface area contributed by atoms with Crippen molar-refractivity contribution < 1.29 is 14.7 Å². The molecule has 0 radical (unpaired) electrons. The Morgan fingerprint density at radius 2 is 1.68 bits per heavy atom. The van der Waals surface area contributed by atoms with E-state index in [-0.39, 0.29) is 36.1 Å². The number of aliphatic hydroxyl groups is 1. The molecule has 7 heteroatoms. The van der Waals surface area contributed by atoms with Crippen molar-refractivity contribution in [3.63, 3.8) is 0 Å². The minimum atomic E-state index is -0.795. The molecular formula is C30H46N4O3. The molecule has 0 unspecified atom stereocenters. The lowest BCUT2D eigenvalue weighted by molar-refractivity contribution is -0.123. The Morgan fingerprint density at radius 3 is 2.27 bits per heavy atom. The van der Waals surface area contributed by atoms with Crippen LogP contribution in [-0.2, 0) is 10.3 Å². The Bertz CT molecular complexity index is 947. The number of nitrogens with zero attached hydrogens (tertiary/aromatic N) is 3. The van der Waals surface area contributed by atoms with Gasteiger partial charge in [0.05, 0.1) is 11.1 Å². The zero-order valence-electron chi connectivity index (χ0n) is 22.9. The molecule has 0 atom stereocenters. The fraction of sp³-hybridized carbons (Fsp3) is 0.733. The maximum Gasteiger partial charge on any atom is 0.321 e. The van der Waals surface area contributed by atoms with Gasteiger partial charge in [-0.05, 0) is 76.9 Å². The second-order valence-electron chi connectivity index (χ2n) is 12.6. The normalized spacial score (nSPS) is 30.1. The number of carbonyl (C=O) groups is 2. The minimum Gasteiger partial charge on any atom is -0.388 e. The van der Waals surface area contributed by atoms with Gasteiger partial charge < -0.3 is 20.2 Å². The van der Waals surface area contributed by atoms with E-state index in [0.29, 0.717) is 12.5 Å². The highest BCUT2D eigenvalue weighted by Crippen LogP contribution is 2.49. The monoisotopic (exact) mass is 510 g/mol.